The van der Waals surface area contributed by atoms with Gasteiger partial charge in [-0.2, -0.15) is 0 Å². The normalized spacial score (nSPS) is 12.6. The number of halogens is 2. The van der Waals surface area contributed by atoms with Crippen LogP contribution in [0.2, 0.25) is 26.7 Å². The van der Waals surface area contributed by atoms with Crippen LogP contribution < -0.4 is 4.43 Å². The molecule has 19 heavy (non-hydrogen) atoms. The van der Waals surface area contributed by atoms with Gasteiger partial charge in [0.05, 0.1) is 10.0 Å². The molecule has 0 atom stereocenters. The molecule has 0 aliphatic carbocycles. The topological polar surface area (TPSA) is 9.23 Å². The maximum absolute atomic E-state index is 6.52. The number of rotatable bonds is 5. The minimum Gasteiger partial charge on any atom is -0.542 e. The summed E-state index contributed by atoms with van der Waals surface area (Å²) in [7, 11) is -1.97. The van der Waals surface area contributed by atoms with Gasteiger partial charge in [-0.05, 0) is 28.8 Å². The van der Waals surface area contributed by atoms with Gasteiger partial charge in [0.2, 0.25) is 0 Å². The lowest BCUT2D eigenvalue weighted by atomic mass is 10.3. The highest BCUT2D eigenvalue weighted by molar-refractivity contribution is 6.78. The number of benzene rings is 1. The van der Waals surface area contributed by atoms with Crippen molar-refractivity contribution in [1.82, 2.24) is 0 Å². The van der Waals surface area contributed by atoms with Crippen LogP contribution in [-0.4, -0.2) is 8.32 Å². The van der Waals surface area contributed by atoms with E-state index in [0.29, 0.717) is 26.7 Å². The second-order valence-electron chi connectivity index (χ2n) is 5.97. The Morgan fingerprint density at radius 2 is 1.37 bits per heavy atom. The molecule has 0 N–H and O–H groups in total. The Bertz CT molecular complexity index is 408. The molecule has 0 aromatic heterocycles. The lowest BCUT2D eigenvalue weighted by Gasteiger charge is -2.42. The molecule has 0 bridgehead atoms. The zero-order valence-corrected chi connectivity index (χ0v) is 15.1. The van der Waals surface area contributed by atoms with Crippen LogP contribution in [0.15, 0.2) is 18.2 Å². The second-order valence-corrected chi connectivity index (χ2v) is 12.1. The maximum Gasteiger partial charge on any atom is 0.258 e. The molecule has 0 fully saturated rings. The van der Waals surface area contributed by atoms with Crippen molar-refractivity contribution in [2.45, 2.75) is 58.2 Å². The largest absolute Gasteiger partial charge is 0.542 e. The Kier molecular flexibility index (Phi) is 5.78. The molecule has 0 unspecified atom stereocenters. The third-order valence-corrected chi connectivity index (χ3v) is 10.7. The highest BCUT2D eigenvalue weighted by Crippen LogP contribution is 2.44. The Morgan fingerprint density at radius 1 is 0.895 bits per heavy atom. The van der Waals surface area contributed by atoms with Gasteiger partial charge in [-0.3, -0.25) is 0 Å². The van der Waals surface area contributed by atoms with Crippen LogP contribution in [0.3, 0.4) is 0 Å². The van der Waals surface area contributed by atoms with E-state index < -0.39 is 8.32 Å². The number of hydrogen-bond donors (Lipinski definition) is 0. The minimum absolute atomic E-state index is 0.516. The van der Waals surface area contributed by atoms with E-state index in [0.717, 1.165) is 5.75 Å². The summed E-state index contributed by atoms with van der Waals surface area (Å²) in [6.07, 6.45) is 0. The van der Waals surface area contributed by atoms with Crippen molar-refractivity contribution in [2.24, 2.45) is 0 Å². The summed E-state index contributed by atoms with van der Waals surface area (Å²) in [4.78, 5) is 0. The lowest BCUT2D eigenvalue weighted by Crippen LogP contribution is -2.50. The lowest BCUT2D eigenvalue weighted by molar-refractivity contribution is 0.480. The molecule has 0 amide bonds. The fourth-order valence-corrected chi connectivity index (χ4v) is 8.76. The Morgan fingerprint density at radius 3 is 1.79 bits per heavy atom. The van der Waals surface area contributed by atoms with Crippen LogP contribution >= 0.6 is 23.2 Å². The fraction of sp³-hybridized carbons (Fsp3) is 0.600. The Hall–Kier alpha value is -0.183. The van der Waals surface area contributed by atoms with Crippen LogP contribution in [0.1, 0.15) is 41.5 Å². The molecule has 0 spiro atoms. The first kappa shape index (κ1) is 16.9. The zero-order valence-electron chi connectivity index (χ0n) is 12.6. The average Bonchev–Trinajstić information content (AvgIpc) is 2.29. The van der Waals surface area contributed by atoms with Crippen molar-refractivity contribution in [3.63, 3.8) is 0 Å². The monoisotopic (exact) mass is 318 g/mol. The van der Waals surface area contributed by atoms with Gasteiger partial charge in [0.25, 0.3) is 8.32 Å². The zero-order chi connectivity index (χ0) is 14.8. The van der Waals surface area contributed by atoms with Gasteiger partial charge in [0, 0.05) is 0 Å². The van der Waals surface area contributed by atoms with Crippen molar-refractivity contribution in [3.8, 4) is 5.75 Å². The predicted octanol–water partition coefficient (Wildman–Crippen LogP) is 6.55. The van der Waals surface area contributed by atoms with Gasteiger partial charge < -0.3 is 4.43 Å². The molecule has 0 heterocycles. The average molecular weight is 319 g/mol. The van der Waals surface area contributed by atoms with Crippen molar-refractivity contribution in [2.75, 3.05) is 0 Å². The summed E-state index contributed by atoms with van der Waals surface area (Å²) in [5, 5.41) is 1.08. The quantitative estimate of drug-likeness (QED) is 0.559. The van der Waals surface area contributed by atoms with E-state index in [1.165, 1.54) is 0 Å². The van der Waals surface area contributed by atoms with E-state index >= 15 is 0 Å². The van der Waals surface area contributed by atoms with Crippen LogP contribution in [0.4, 0.5) is 0 Å². The predicted molar refractivity (Wildman–Crippen MR) is 88.1 cm³/mol. The SMILES string of the molecule is CC(C)[Si](Oc1cccc(Cl)c1Cl)(C(C)C)C(C)C. The molecule has 1 rings (SSSR count). The molecule has 1 aromatic rings. The van der Waals surface area contributed by atoms with E-state index in [2.05, 4.69) is 41.5 Å². The third-order valence-electron chi connectivity index (χ3n) is 3.91. The summed E-state index contributed by atoms with van der Waals surface area (Å²) >= 11 is 12.4. The second kappa shape index (κ2) is 6.51. The van der Waals surface area contributed by atoms with Gasteiger partial charge in [-0.25, -0.2) is 0 Å². The summed E-state index contributed by atoms with van der Waals surface area (Å²) in [6, 6.07) is 5.60. The minimum atomic E-state index is -1.97. The van der Waals surface area contributed by atoms with E-state index in [9.17, 15) is 0 Å². The van der Waals surface area contributed by atoms with Crippen LogP contribution in [0, 0.1) is 0 Å². The maximum atomic E-state index is 6.52. The molecule has 0 saturated heterocycles. The Balaban J connectivity index is 3.25. The molecule has 0 aliphatic rings. The van der Waals surface area contributed by atoms with Gasteiger partial charge in [0.15, 0.2) is 0 Å². The molecular formula is C15H24Cl2OSi. The Labute approximate surface area is 128 Å². The van der Waals surface area contributed by atoms with Crippen molar-refractivity contribution in [1.29, 1.82) is 0 Å². The molecular weight excluding hydrogens is 295 g/mol. The standard InChI is InChI=1S/C15H24Cl2OSi/c1-10(2)19(11(3)4,12(5)6)18-14-9-7-8-13(16)15(14)17/h7-12H,1-6H3. The molecule has 0 radical (unpaired) electrons. The van der Waals surface area contributed by atoms with Crippen molar-refractivity contribution < 1.29 is 4.43 Å². The van der Waals surface area contributed by atoms with Crippen LogP contribution in [-0.2, 0) is 0 Å². The highest BCUT2D eigenvalue weighted by Gasteiger charge is 2.47. The third kappa shape index (κ3) is 3.29. The van der Waals surface area contributed by atoms with Gasteiger partial charge in [-0.1, -0.05) is 70.8 Å². The van der Waals surface area contributed by atoms with E-state index in [1.807, 2.05) is 12.1 Å². The first-order valence-electron chi connectivity index (χ1n) is 6.86. The van der Waals surface area contributed by atoms with Crippen LogP contribution in [0.5, 0.6) is 5.75 Å². The molecule has 108 valence electrons. The van der Waals surface area contributed by atoms with E-state index in [1.54, 1.807) is 6.07 Å². The van der Waals surface area contributed by atoms with Crippen molar-refractivity contribution in [3.05, 3.63) is 28.2 Å². The van der Waals surface area contributed by atoms with E-state index in [4.69, 9.17) is 27.6 Å². The first-order chi connectivity index (χ1) is 8.73. The van der Waals surface area contributed by atoms with Crippen molar-refractivity contribution >= 4 is 31.5 Å². The highest BCUT2D eigenvalue weighted by atomic mass is 35.5. The smallest absolute Gasteiger partial charge is 0.258 e. The summed E-state index contributed by atoms with van der Waals surface area (Å²) in [6.45, 7) is 13.5. The summed E-state index contributed by atoms with van der Waals surface area (Å²) < 4.78 is 6.52. The van der Waals surface area contributed by atoms with Gasteiger partial charge in [0.1, 0.15) is 5.75 Å². The van der Waals surface area contributed by atoms with Gasteiger partial charge >= 0.3 is 0 Å². The molecule has 0 aliphatic heterocycles. The fourth-order valence-electron chi connectivity index (χ4n) is 3.11. The summed E-state index contributed by atoms with van der Waals surface area (Å²) in [5.74, 6) is 0.733. The first-order valence-corrected chi connectivity index (χ1v) is 9.76. The summed E-state index contributed by atoms with van der Waals surface area (Å²) in [5.41, 5.74) is 1.55. The molecule has 4 heteroatoms. The molecule has 1 aromatic carbocycles. The van der Waals surface area contributed by atoms with Gasteiger partial charge in [-0.15, -0.1) is 0 Å². The van der Waals surface area contributed by atoms with Crippen LogP contribution in [0.25, 0.3) is 0 Å². The molecule has 0 saturated carbocycles. The molecule has 1 nitrogen and oxygen atoms in total. The van der Waals surface area contributed by atoms with E-state index in [-0.39, 0.29) is 0 Å². The number of hydrogen-bond acceptors (Lipinski definition) is 1.